The summed E-state index contributed by atoms with van der Waals surface area (Å²) in [7, 11) is 0. The smallest absolute Gasteiger partial charge is 0.391 e. The summed E-state index contributed by atoms with van der Waals surface area (Å²) in [6.45, 7) is 2.16. The fraction of sp³-hybridized carbons (Fsp3) is 0.438. The molecular formula is C16H18F3N3O. The van der Waals surface area contributed by atoms with Crippen LogP contribution in [-0.2, 0) is 19.1 Å². The van der Waals surface area contributed by atoms with E-state index in [9.17, 15) is 18.3 Å². The minimum absolute atomic E-state index is 0.0555. The van der Waals surface area contributed by atoms with E-state index < -0.39 is 24.0 Å². The van der Waals surface area contributed by atoms with Gasteiger partial charge in [-0.3, -0.25) is 4.68 Å². The molecule has 0 aliphatic carbocycles. The average Bonchev–Trinajstić information content (AvgIpc) is 2.86. The Morgan fingerprint density at radius 2 is 2.04 bits per heavy atom. The van der Waals surface area contributed by atoms with Gasteiger partial charge in [0.25, 0.3) is 0 Å². The van der Waals surface area contributed by atoms with Crippen LogP contribution in [0.15, 0.2) is 30.3 Å². The molecule has 23 heavy (non-hydrogen) atoms. The molecule has 2 aromatic rings. The molecule has 1 aliphatic heterocycles. The second-order valence-corrected chi connectivity index (χ2v) is 5.79. The van der Waals surface area contributed by atoms with Crippen molar-refractivity contribution >= 4 is 0 Å². The van der Waals surface area contributed by atoms with Crippen molar-refractivity contribution < 1.29 is 18.3 Å². The van der Waals surface area contributed by atoms with Gasteiger partial charge in [-0.15, -0.1) is 0 Å². The summed E-state index contributed by atoms with van der Waals surface area (Å²) >= 11 is 0. The molecule has 0 spiro atoms. The number of hydrogen-bond acceptors (Lipinski definition) is 3. The van der Waals surface area contributed by atoms with Gasteiger partial charge in [-0.2, -0.15) is 18.3 Å². The molecule has 1 aliphatic rings. The third kappa shape index (κ3) is 3.11. The maximum Gasteiger partial charge on any atom is 0.435 e. The Morgan fingerprint density at radius 1 is 1.35 bits per heavy atom. The summed E-state index contributed by atoms with van der Waals surface area (Å²) in [5, 5.41) is 16.5. The molecule has 0 radical (unpaired) electrons. The number of nitrogens with one attached hydrogen (secondary N) is 1. The molecule has 3 rings (SSSR count). The highest BCUT2D eigenvalue weighted by Crippen LogP contribution is 2.39. The maximum atomic E-state index is 13.4. The fourth-order valence-electron chi connectivity index (χ4n) is 3.06. The number of alkyl halides is 3. The first-order chi connectivity index (χ1) is 10.9. The van der Waals surface area contributed by atoms with Gasteiger partial charge in [0.05, 0.1) is 18.7 Å². The van der Waals surface area contributed by atoms with Crippen molar-refractivity contribution in [3.63, 3.8) is 0 Å². The predicted octanol–water partition coefficient (Wildman–Crippen LogP) is 2.52. The van der Waals surface area contributed by atoms with Gasteiger partial charge in [0, 0.05) is 24.2 Å². The highest BCUT2D eigenvalue weighted by atomic mass is 19.4. The zero-order valence-electron chi connectivity index (χ0n) is 12.6. The zero-order chi connectivity index (χ0) is 16.6. The van der Waals surface area contributed by atoms with E-state index in [2.05, 4.69) is 10.4 Å². The van der Waals surface area contributed by atoms with Crippen LogP contribution in [0.5, 0.6) is 0 Å². The number of nitrogens with zero attached hydrogens (tertiary/aromatic N) is 2. The zero-order valence-corrected chi connectivity index (χ0v) is 12.6. The Morgan fingerprint density at radius 3 is 2.65 bits per heavy atom. The Hall–Kier alpha value is -1.86. The van der Waals surface area contributed by atoms with Crippen molar-refractivity contribution in [1.82, 2.24) is 15.1 Å². The van der Waals surface area contributed by atoms with Crippen LogP contribution in [0.3, 0.4) is 0 Å². The number of halogens is 3. The van der Waals surface area contributed by atoms with E-state index in [1.165, 1.54) is 11.6 Å². The molecule has 7 heteroatoms. The van der Waals surface area contributed by atoms with Gasteiger partial charge in [-0.25, -0.2) is 0 Å². The fourth-order valence-corrected chi connectivity index (χ4v) is 3.06. The molecule has 2 N–H and O–H groups in total. The molecular weight excluding hydrogens is 307 g/mol. The number of hydrogen-bond donors (Lipinski definition) is 2. The van der Waals surface area contributed by atoms with Crippen molar-refractivity contribution in [2.45, 2.75) is 38.2 Å². The van der Waals surface area contributed by atoms with E-state index in [1.807, 2.05) is 6.07 Å². The summed E-state index contributed by atoms with van der Waals surface area (Å²) < 4.78 is 41.7. The van der Waals surface area contributed by atoms with Gasteiger partial charge in [0.1, 0.15) is 0 Å². The molecule has 1 aromatic carbocycles. The van der Waals surface area contributed by atoms with Crippen molar-refractivity contribution in [1.29, 1.82) is 0 Å². The van der Waals surface area contributed by atoms with Crippen LogP contribution >= 0.6 is 0 Å². The molecule has 0 bridgehead atoms. The second kappa shape index (κ2) is 5.98. The summed E-state index contributed by atoms with van der Waals surface area (Å²) in [6.07, 6.45) is -4.83. The van der Waals surface area contributed by atoms with Gasteiger partial charge < -0.3 is 10.4 Å². The van der Waals surface area contributed by atoms with Gasteiger partial charge >= 0.3 is 6.18 Å². The van der Waals surface area contributed by atoms with E-state index in [0.29, 0.717) is 18.7 Å². The van der Waals surface area contributed by atoms with Crippen LogP contribution in [0.1, 0.15) is 35.5 Å². The van der Waals surface area contributed by atoms with Crippen molar-refractivity contribution in [3.05, 3.63) is 52.8 Å². The summed E-state index contributed by atoms with van der Waals surface area (Å²) in [6, 6.07) is 8.50. The van der Waals surface area contributed by atoms with Crippen molar-refractivity contribution in [2.75, 3.05) is 6.54 Å². The first-order valence-corrected chi connectivity index (χ1v) is 7.51. The van der Waals surface area contributed by atoms with Gasteiger partial charge in [-0.1, -0.05) is 30.3 Å². The number of fused-ring (bicyclic) bond motifs is 1. The number of aliphatic hydroxyl groups is 1. The van der Waals surface area contributed by atoms with E-state index in [0.717, 1.165) is 5.56 Å². The first-order valence-electron chi connectivity index (χ1n) is 7.51. The summed E-state index contributed by atoms with van der Waals surface area (Å²) in [4.78, 5) is 0. The average molecular weight is 325 g/mol. The molecule has 0 saturated heterocycles. The van der Waals surface area contributed by atoms with Gasteiger partial charge in [0.2, 0.25) is 0 Å². The molecule has 2 heterocycles. The Labute approximate surface area is 131 Å². The third-order valence-electron chi connectivity index (χ3n) is 3.94. The van der Waals surface area contributed by atoms with E-state index in [-0.39, 0.29) is 12.1 Å². The number of rotatable bonds is 3. The Bertz CT molecular complexity index is 680. The van der Waals surface area contributed by atoms with Crippen LogP contribution in [0, 0.1) is 0 Å². The van der Waals surface area contributed by atoms with Crippen LogP contribution in [0.25, 0.3) is 0 Å². The monoisotopic (exact) mass is 325 g/mol. The van der Waals surface area contributed by atoms with Crippen molar-refractivity contribution in [3.8, 4) is 0 Å². The normalized spacial score (nSPS) is 19.4. The molecule has 124 valence electrons. The molecule has 1 aromatic heterocycles. The van der Waals surface area contributed by atoms with Crippen LogP contribution in [-0.4, -0.2) is 27.5 Å². The lowest BCUT2D eigenvalue weighted by Gasteiger charge is -2.26. The van der Waals surface area contributed by atoms with Crippen LogP contribution in [0.2, 0.25) is 0 Å². The second-order valence-electron chi connectivity index (χ2n) is 5.79. The molecule has 2 atom stereocenters. The van der Waals surface area contributed by atoms with E-state index in [1.54, 1.807) is 24.3 Å². The Balaban J connectivity index is 2.14. The van der Waals surface area contributed by atoms with Gasteiger partial charge in [-0.05, 0) is 12.5 Å². The number of aliphatic hydroxyl groups excluding tert-OH is 1. The van der Waals surface area contributed by atoms with Crippen molar-refractivity contribution in [2.24, 2.45) is 0 Å². The molecule has 0 saturated carbocycles. The molecule has 0 fully saturated rings. The number of benzene rings is 1. The van der Waals surface area contributed by atoms with Gasteiger partial charge in [0.15, 0.2) is 5.69 Å². The Kier molecular flexibility index (Phi) is 4.16. The number of aromatic nitrogens is 2. The lowest BCUT2D eigenvalue weighted by atomic mass is 9.92. The minimum atomic E-state index is -4.53. The minimum Gasteiger partial charge on any atom is -0.391 e. The molecule has 2 unspecified atom stereocenters. The third-order valence-corrected chi connectivity index (χ3v) is 3.94. The summed E-state index contributed by atoms with van der Waals surface area (Å²) in [5.41, 5.74) is 0.631. The predicted molar refractivity (Wildman–Crippen MR) is 78.9 cm³/mol. The standard InChI is InChI=1S/C16H18F3N3O/c1-10(23)9-22-12-7-8-20-14(11-5-3-2-4-6-11)13(12)15(21-22)16(17,18)19/h2-6,10,14,20,23H,7-9H2,1H3. The maximum absolute atomic E-state index is 13.4. The highest BCUT2D eigenvalue weighted by molar-refractivity contribution is 5.41. The largest absolute Gasteiger partial charge is 0.435 e. The van der Waals surface area contributed by atoms with E-state index >= 15 is 0 Å². The highest BCUT2D eigenvalue weighted by Gasteiger charge is 2.42. The summed E-state index contributed by atoms with van der Waals surface area (Å²) in [5.74, 6) is 0. The molecule has 4 nitrogen and oxygen atoms in total. The topological polar surface area (TPSA) is 50.1 Å². The van der Waals surface area contributed by atoms with Crippen LogP contribution in [0.4, 0.5) is 13.2 Å². The lowest BCUT2D eigenvalue weighted by Crippen LogP contribution is -2.32. The lowest BCUT2D eigenvalue weighted by molar-refractivity contribution is -0.142. The SMILES string of the molecule is CC(O)Cn1nc(C(F)(F)F)c2c1CCNC2c1ccccc1. The first kappa shape index (κ1) is 16.0. The van der Waals surface area contributed by atoms with E-state index in [4.69, 9.17) is 0 Å². The quantitative estimate of drug-likeness (QED) is 0.912. The molecule has 0 amide bonds. The van der Waals surface area contributed by atoms with Crippen LogP contribution < -0.4 is 5.32 Å².